The molecule has 7 nitrogen and oxygen atoms in total. The average molecular weight is 401 g/mol. The van der Waals surface area contributed by atoms with Crippen LogP contribution in [0.1, 0.15) is 19.6 Å². The van der Waals surface area contributed by atoms with E-state index in [9.17, 15) is 4.79 Å². The normalized spacial score (nSPS) is 12.2. The van der Waals surface area contributed by atoms with Crippen LogP contribution in [0.5, 0.6) is 5.75 Å². The summed E-state index contributed by atoms with van der Waals surface area (Å²) in [5.74, 6) is 2.28. The molecule has 0 fully saturated rings. The average Bonchev–Trinajstić information content (AvgIpc) is 3.25. The molecule has 0 radical (unpaired) electrons. The summed E-state index contributed by atoms with van der Waals surface area (Å²) in [6.45, 7) is 5.92. The zero-order valence-corrected chi connectivity index (χ0v) is 17.4. The highest BCUT2D eigenvalue weighted by Crippen LogP contribution is 2.31. The highest BCUT2D eigenvalue weighted by molar-refractivity contribution is 8.00. The number of hydrogen-bond donors (Lipinski definition) is 1. The number of benzene rings is 1. The van der Waals surface area contributed by atoms with E-state index in [1.807, 2.05) is 62.7 Å². The van der Waals surface area contributed by atoms with Crippen molar-refractivity contribution in [2.75, 3.05) is 12.4 Å². The number of aryl methyl sites for hydroxylation is 1. The van der Waals surface area contributed by atoms with Gasteiger partial charge >= 0.3 is 0 Å². The Kier molecular flexibility index (Phi) is 6.08. The smallest absolute Gasteiger partial charge is 0.238 e. The summed E-state index contributed by atoms with van der Waals surface area (Å²) in [4.78, 5) is 12.9. The van der Waals surface area contributed by atoms with Gasteiger partial charge in [-0.1, -0.05) is 25.6 Å². The molecule has 1 amide bonds. The van der Waals surface area contributed by atoms with Gasteiger partial charge in [0.15, 0.2) is 11.0 Å². The molecule has 148 valence electrons. The van der Waals surface area contributed by atoms with Crippen molar-refractivity contribution in [2.24, 2.45) is 13.0 Å². The number of amides is 1. The minimum atomic E-state index is -0.316. The van der Waals surface area contributed by atoms with E-state index in [2.05, 4.69) is 15.5 Å². The van der Waals surface area contributed by atoms with E-state index < -0.39 is 0 Å². The van der Waals surface area contributed by atoms with Gasteiger partial charge in [-0.3, -0.25) is 4.79 Å². The molecule has 28 heavy (non-hydrogen) atoms. The first-order valence-electron chi connectivity index (χ1n) is 8.96. The van der Waals surface area contributed by atoms with Crippen LogP contribution in [0.15, 0.2) is 46.2 Å². The number of furan rings is 1. The van der Waals surface area contributed by atoms with Crippen LogP contribution in [-0.2, 0) is 11.8 Å². The van der Waals surface area contributed by atoms with E-state index in [4.69, 9.17) is 9.15 Å². The van der Waals surface area contributed by atoms with Gasteiger partial charge in [0.1, 0.15) is 11.5 Å². The topological polar surface area (TPSA) is 82.2 Å². The molecule has 0 aliphatic rings. The third-order valence-corrected chi connectivity index (χ3v) is 5.97. The number of ether oxygens (including phenoxy) is 1. The van der Waals surface area contributed by atoms with Crippen molar-refractivity contribution in [3.8, 4) is 17.1 Å². The lowest BCUT2D eigenvalue weighted by atomic mass is 10.1. The molecular formula is C20H24N4O3S. The number of aromatic nitrogens is 3. The fourth-order valence-electron chi connectivity index (χ4n) is 2.76. The molecule has 3 aromatic rings. The second-order valence-corrected chi connectivity index (χ2v) is 7.86. The highest BCUT2D eigenvalue weighted by atomic mass is 32.2. The SMILES string of the molecule is COc1ccc(NC(=O)C(Sc2nnc(-c3ccoc3C)n2C)C(C)C)cc1. The first-order valence-corrected chi connectivity index (χ1v) is 9.84. The maximum Gasteiger partial charge on any atom is 0.238 e. The molecule has 0 saturated carbocycles. The van der Waals surface area contributed by atoms with Crippen molar-refractivity contribution >= 4 is 23.4 Å². The van der Waals surface area contributed by atoms with E-state index in [1.54, 1.807) is 13.4 Å². The summed E-state index contributed by atoms with van der Waals surface area (Å²) < 4.78 is 12.4. The summed E-state index contributed by atoms with van der Waals surface area (Å²) in [5.41, 5.74) is 1.62. The predicted molar refractivity (Wildman–Crippen MR) is 110 cm³/mol. The van der Waals surface area contributed by atoms with Crippen LogP contribution in [0.25, 0.3) is 11.4 Å². The zero-order valence-electron chi connectivity index (χ0n) is 16.6. The number of carbonyl (C=O) groups excluding carboxylic acids is 1. The Bertz CT molecular complexity index is 947. The van der Waals surface area contributed by atoms with Crippen LogP contribution in [0, 0.1) is 12.8 Å². The fraction of sp³-hybridized carbons (Fsp3) is 0.350. The van der Waals surface area contributed by atoms with E-state index in [0.29, 0.717) is 11.0 Å². The molecule has 2 aromatic heterocycles. The summed E-state index contributed by atoms with van der Waals surface area (Å²) in [7, 11) is 3.50. The van der Waals surface area contributed by atoms with Gasteiger partial charge in [0.05, 0.1) is 24.2 Å². The molecule has 8 heteroatoms. The first-order chi connectivity index (χ1) is 13.4. The largest absolute Gasteiger partial charge is 0.497 e. The molecule has 3 rings (SSSR count). The van der Waals surface area contributed by atoms with Gasteiger partial charge in [-0.15, -0.1) is 10.2 Å². The number of anilines is 1. The quantitative estimate of drug-likeness (QED) is 0.600. The Morgan fingerprint density at radius 2 is 1.93 bits per heavy atom. The van der Waals surface area contributed by atoms with Crippen LogP contribution in [0.3, 0.4) is 0 Å². The zero-order chi connectivity index (χ0) is 20.3. The Morgan fingerprint density at radius 3 is 2.50 bits per heavy atom. The third kappa shape index (κ3) is 4.22. The van der Waals surface area contributed by atoms with Gasteiger partial charge in [-0.05, 0) is 43.2 Å². The Hall–Kier alpha value is -2.74. The molecule has 1 aromatic carbocycles. The van der Waals surface area contributed by atoms with Crippen LogP contribution in [0.4, 0.5) is 5.69 Å². The second-order valence-electron chi connectivity index (χ2n) is 6.76. The molecule has 0 aliphatic heterocycles. The monoisotopic (exact) mass is 400 g/mol. The van der Waals surface area contributed by atoms with E-state index in [-0.39, 0.29) is 17.1 Å². The molecule has 2 heterocycles. The number of thioether (sulfide) groups is 1. The number of hydrogen-bond acceptors (Lipinski definition) is 6. The van der Waals surface area contributed by atoms with Crippen molar-refractivity contribution in [1.82, 2.24) is 14.8 Å². The van der Waals surface area contributed by atoms with Gasteiger partial charge < -0.3 is 19.0 Å². The van der Waals surface area contributed by atoms with Crippen molar-refractivity contribution in [2.45, 2.75) is 31.2 Å². The van der Waals surface area contributed by atoms with Gasteiger partial charge in [0.2, 0.25) is 5.91 Å². The Labute approximate surface area is 168 Å². The van der Waals surface area contributed by atoms with Crippen molar-refractivity contribution < 1.29 is 13.9 Å². The minimum Gasteiger partial charge on any atom is -0.497 e. The number of carbonyl (C=O) groups is 1. The van der Waals surface area contributed by atoms with Crippen LogP contribution in [-0.4, -0.2) is 33.0 Å². The summed E-state index contributed by atoms with van der Waals surface area (Å²) in [6.07, 6.45) is 1.63. The lowest BCUT2D eigenvalue weighted by Crippen LogP contribution is -2.30. The lowest BCUT2D eigenvalue weighted by Gasteiger charge is -2.19. The lowest BCUT2D eigenvalue weighted by molar-refractivity contribution is -0.116. The predicted octanol–water partition coefficient (Wildman–Crippen LogP) is 4.15. The molecular weight excluding hydrogens is 376 g/mol. The van der Waals surface area contributed by atoms with Crippen LogP contribution in [0.2, 0.25) is 0 Å². The molecule has 0 spiro atoms. The number of nitrogens with zero attached hydrogens (tertiary/aromatic N) is 3. The highest BCUT2D eigenvalue weighted by Gasteiger charge is 2.27. The van der Waals surface area contributed by atoms with Gasteiger partial charge in [-0.25, -0.2) is 0 Å². The molecule has 0 saturated heterocycles. The fourth-order valence-corrected chi connectivity index (χ4v) is 3.76. The van der Waals surface area contributed by atoms with Gasteiger partial charge in [-0.2, -0.15) is 0 Å². The van der Waals surface area contributed by atoms with Gasteiger partial charge in [0.25, 0.3) is 0 Å². The third-order valence-electron chi connectivity index (χ3n) is 4.39. The standard InChI is InChI=1S/C20H24N4O3S/c1-12(2)17(19(25)21-14-6-8-15(26-5)9-7-14)28-20-23-22-18(24(20)4)16-10-11-27-13(16)3/h6-12,17H,1-5H3,(H,21,25). The van der Waals surface area contributed by atoms with E-state index >= 15 is 0 Å². The molecule has 1 N–H and O–H groups in total. The number of nitrogens with one attached hydrogen (secondary N) is 1. The van der Waals surface area contributed by atoms with Crippen molar-refractivity contribution in [1.29, 1.82) is 0 Å². The number of methoxy groups -OCH3 is 1. The maximum atomic E-state index is 12.9. The van der Waals surface area contributed by atoms with Gasteiger partial charge in [0, 0.05) is 12.7 Å². The minimum absolute atomic E-state index is 0.0748. The first kappa shape index (κ1) is 20.0. The van der Waals surface area contributed by atoms with E-state index in [0.717, 1.165) is 22.8 Å². The molecule has 1 atom stereocenters. The Morgan fingerprint density at radius 1 is 1.21 bits per heavy atom. The van der Waals surface area contributed by atoms with Crippen LogP contribution < -0.4 is 10.1 Å². The summed E-state index contributed by atoms with van der Waals surface area (Å²) in [5, 5.41) is 11.9. The Balaban J connectivity index is 1.77. The summed E-state index contributed by atoms with van der Waals surface area (Å²) >= 11 is 1.40. The molecule has 0 bridgehead atoms. The van der Waals surface area contributed by atoms with Crippen molar-refractivity contribution in [3.63, 3.8) is 0 Å². The van der Waals surface area contributed by atoms with Crippen molar-refractivity contribution in [3.05, 3.63) is 42.4 Å². The summed E-state index contributed by atoms with van der Waals surface area (Å²) in [6, 6.07) is 9.14. The number of rotatable bonds is 7. The molecule has 1 unspecified atom stereocenters. The van der Waals surface area contributed by atoms with Crippen LogP contribution >= 0.6 is 11.8 Å². The maximum absolute atomic E-state index is 12.9. The second kappa shape index (κ2) is 8.52. The molecule has 0 aliphatic carbocycles. The van der Waals surface area contributed by atoms with E-state index in [1.165, 1.54) is 11.8 Å².